The molecule has 2 aromatic heterocycles. The summed E-state index contributed by atoms with van der Waals surface area (Å²) in [6.07, 6.45) is 2.91. The van der Waals surface area contributed by atoms with Gasteiger partial charge in [-0.2, -0.15) is 5.26 Å². The van der Waals surface area contributed by atoms with Crippen LogP contribution in [0.4, 0.5) is 5.00 Å². The standard InChI is InChI=1S/C24H26N4O3S2/c1-24(2,3)15-9-10-17-18(12-25)22(33-19(17)11-15)26-20(29)14-32-23-28-27-21(31-23)13-30-16-7-5-4-6-8-16/h4-8,15H,9-11,13-14H2,1-3H3,(H,26,29)/t15-/m0/s1. The Kier molecular flexibility index (Phi) is 7.05. The Labute approximate surface area is 201 Å². The van der Waals surface area contributed by atoms with Crippen LogP contribution in [0.1, 0.15) is 49.1 Å². The van der Waals surface area contributed by atoms with E-state index in [1.165, 1.54) is 16.2 Å². The van der Waals surface area contributed by atoms with Crippen LogP contribution in [0.3, 0.4) is 0 Å². The number of thiophene rings is 1. The molecule has 2 heterocycles. The fraction of sp³-hybridized carbons (Fsp3) is 0.417. The summed E-state index contributed by atoms with van der Waals surface area (Å²) in [5.74, 6) is 1.53. The highest BCUT2D eigenvalue weighted by molar-refractivity contribution is 7.99. The monoisotopic (exact) mass is 482 g/mol. The van der Waals surface area contributed by atoms with Gasteiger partial charge in [-0.1, -0.05) is 50.7 Å². The topological polar surface area (TPSA) is 101 Å². The summed E-state index contributed by atoms with van der Waals surface area (Å²) in [6.45, 7) is 6.94. The van der Waals surface area contributed by atoms with Crippen molar-refractivity contribution in [2.45, 2.75) is 51.9 Å². The highest BCUT2D eigenvalue weighted by Gasteiger charge is 2.32. The molecule has 0 aliphatic heterocycles. The lowest BCUT2D eigenvalue weighted by Crippen LogP contribution is -2.26. The molecule has 4 rings (SSSR count). The van der Waals surface area contributed by atoms with Crippen molar-refractivity contribution in [1.82, 2.24) is 10.2 Å². The molecule has 0 radical (unpaired) electrons. The Morgan fingerprint density at radius 3 is 2.85 bits per heavy atom. The van der Waals surface area contributed by atoms with E-state index >= 15 is 0 Å². The summed E-state index contributed by atoms with van der Waals surface area (Å²) in [5, 5.41) is 21.5. The number of carbonyl (C=O) groups excluding carboxylic acids is 1. The third-order valence-electron chi connectivity index (χ3n) is 5.74. The van der Waals surface area contributed by atoms with Gasteiger partial charge in [0.2, 0.25) is 5.91 Å². The van der Waals surface area contributed by atoms with Crippen LogP contribution in [0.5, 0.6) is 5.75 Å². The maximum atomic E-state index is 12.6. The first-order valence-corrected chi connectivity index (χ1v) is 12.6. The minimum Gasteiger partial charge on any atom is -0.484 e. The summed E-state index contributed by atoms with van der Waals surface area (Å²) in [5.41, 5.74) is 1.94. The number of rotatable bonds is 7. The van der Waals surface area contributed by atoms with E-state index in [2.05, 4.69) is 42.4 Å². The molecule has 1 aliphatic rings. The SMILES string of the molecule is CC(C)(C)[C@H]1CCc2c(sc(NC(=O)CSc3nnc(COc4ccccc4)o3)c2C#N)C1. The highest BCUT2D eigenvalue weighted by atomic mass is 32.2. The second-order valence-electron chi connectivity index (χ2n) is 9.03. The molecule has 1 aliphatic carbocycles. The summed E-state index contributed by atoms with van der Waals surface area (Å²) in [4.78, 5) is 13.8. The number of carbonyl (C=O) groups is 1. The van der Waals surface area contributed by atoms with Gasteiger partial charge < -0.3 is 14.5 Å². The largest absolute Gasteiger partial charge is 0.484 e. The van der Waals surface area contributed by atoms with Crippen LogP contribution in [-0.2, 0) is 24.2 Å². The minimum atomic E-state index is -0.206. The Hall–Kier alpha value is -2.83. The molecule has 1 atom stereocenters. The zero-order chi connectivity index (χ0) is 23.4. The molecule has 0 saturated heterocycles. The molecule has 33 heavy (non-hydrogen) atoms. The van der Waals surface area contributed by atoms with E-state index in [9.17, 15) is 10.1 Å². The van der Waals surface area contributed by atoms with Gasteiger partial charge >= 0.3 is 0 Å². The van der Waals surface area contributed by atoms with Gasteiger partial charge in [0, 0.05) is 4.88 Å². The van der Waals surface area contributed by atoms with Crippen LogP contribution in [0.15, 0.2) is 40.0 Å². The summed E-state index contributed by atoms with van der Waals surface area (Å²) in [7, 11) is 0. The average Bonchev–Trinajstić information content (AvgIpc) is 3.39. The van der Waals surface area contributed by atoms with Crippen molar-refractivity contribution in [1.29, 1.82) is 5.26 Å². The number of para-hydroxylation sites is 1. The maximum absolute atomic E-state index is 12.6. The molecule has 7 nitrogen and oxygen atoms in total. The quantitative estimate of drug-likeness (QED) is 0.446. The van der Waals surface area contributed by atoms with E-state index in [1.807, 2.05) is 30.3 Å². The number of nitrogens with one attached hydrogen (secondary N) is 1. The molecule has 1 aromatic carbocycles. The molecule has 1 amide bonds. The molecule has 1 N–H and O–H groups in total. The first-order valence-electron chi connectivity index (χ1n) is 10.8. The van der Waals surface area contributed by atoms with Crippen molar-refractivity contribution in [3.8, 4) is 11.8 Å². The van der Waals surface area contributed by atoms with Crippen molar-refractivity contribution in [2.75, 3.05) is 11.1 Å². The molecular weight excluding hydrogens is 456 g/mol. The molecule has 3 aromatic rings. The van der Waals surface area contributed by atoms with Gasteiger partial charge in [0.1, 0.15) is 16.8 Å². The second kappa shape index (κ2) is 9.98. The number of nitriles is 1. The van der Waals surface area contributed by atoms with E-state index < -0.39 is 0 Å². The molecule has 0 saturated carbocycles. The fourth-order valence-electron chi connectivity index (χ4n) is 3.84. The third kappa shape index (κ3) is 5.75. The van der Waals surface area contributed by atoms with Gasteiger partial charge in [0.25, 0.3) is 11.1 Å². The van der Waals surface area contributed by atoms with Crippen LogP contribution in [0.2, 0.25) is 0 Å². The van der Waals surface area contributed by atoms with E-state index in [0.29, 0.717) is 33.3 Å². The number of aromatic nitrogens is 2. The van der Waals surface area contributed by atoms with Gasteiger partial charge in [0.15, 0.2) is 6.61 Å². The van der Waals surface area contributed by atoms with Crippen LogP contribution in [0.25, 0.3) is 0 Å². The van der Waals surface area contributed by atoms with Gasteiger partial charge in [-0.05, 0) is 48.3 Å². The number of hydrogen-bond donors (Lipinski definition) is 1. The Morgan fingerprint density at radius 2 is 2.12 bits per heavy atom. The Balaban J connectivity index is 1.32. The first-order chi connectivity index (χ1) is 15.8. The van der Waals surface area contributed by atoms with Crippen molar-refractivity contribution < 1.29 is 13.9 Å². The second-order valence-corrected chi connectivity index (χ2v) is 11.1. The number of hydrogen-bond acceptors (Lipinski definition) is 8. The van der Waals surface area contributed by atoms with E-state index in [4.69, 9.17) is 9.15 Å². The molecule has 0 spiro atoms. The summed E-state index contributed by atoms with van der Waals surface area (Å²) < 4.78 is 11.1. The van der Waals surface area contributed by atoms with Gasteiger partial charge in [-0.3, -0.25) is 4.79 Å². The summed E-state index contributed by atoms with van der Waals surface area (Å²) in [6, 6.07) is 11.7. The van der Waals surface area contributed by atoms with E-state index in [0.717, 1.165) is 36.6 Å². The number of fused-ring (bicyclic) bond motifs is 1. The predicted molar refractivity (Wildman–Crippen MR) is 128 cm³/mol. The lowest BCUT2D eigenvalue weighted by Gasteiger charge is -2.33. The smallest absolute Gasteiger partial charge is 0.277 e. The summed E-state index contributed by atoms with van der Waals surface area (Å²) >= 11 is 2.69. The maximum Gasteiger partial charge on any atom is 0.277 e. The van der Waals surface area contributed by atoms with Crippen molar-refractivity contribution in [2.24, 2.45) is 11.3 Å². The lowest BCUT2D eigenvalue weighted by molar-refractivity contribution is -0.113. The molecule has 0 fully saturated rings. The molecule has 9 heteroatoms. The van der Waals surface area contributed by atoms with Crippen molar-refractivity contribution in [3.05, 3.63) is 52.2 Å². The molecule has 0 bridgehead atoms. The van der Waals surface area contributed by atoms with Crippen LogP contribution >= 0.6 is 23.1 Å². The van der Waals surface area contributed by atoms with Gasteiger partial charge in [-0.25, -0.2) is 0 Å². The van der Waals surface area contributed by atoms with Gasteiger partial charge in [0.05, 0.1) is 11.3 Å². The van der Waals surface area contributed by atoms with Crippen LogP contribution < -0.4 is 10.1 Å². The predicted octanol–water partition coefficient (Wildman–Crippen LogP) is 5.46. The normalized spacial score (nSPS) is 15.5. The van der Waals surface area contributed by atoms with E-state index in [-0.39, 0.29) is 23.7 Å². The number of thioether (sulfide) groups is 1. The number of nitrogens with zero attached hydrogens (tertiary/aromatic N) is 3. The zero-order valence-corrected chi connectivity index (χ0v) is 20.5. The van der Waals surface area contributed by atoms with Crippen molar-refractivity contribution in [3.63, 3.8) is 0 Å². The highest BCUT2D eigenvalue weighted by Crippen LogP contribution is 2.44. The minimum absolute atomic E-state index is 0.110. The Morgan fingerprint density at radius 1 is 1.33 bits per heavy atom. The van der Waals surface area contributed by atoms with Crippen LogP contribution in [0, 0.1) is 22.7 Å². The third-order valence-corrected chi connectivity index (χ3v) is 7.72. The lowest BCUT2D eigenvalue weighted by atomic mass is 9.72. The Bertz CT molecular complexity index is 1160. The molecule has 0 unspecified atom stereocenters. The molecular formula is C24H26N4O3S2. The average molecular weight is 483 g/mol. The zero-order valence-electron chi connectivity index (χ0n) is 18.9. The van der Waals surface area contributed by atoms with E-state index in [1.54, 1.807) is 0 Å². The number of amides is 1. The van der Waals surface area contributed by atoms with Crippen LogP contribution in [-0.4, -0.2) is 21.9 Å². The first kappa shape index (κ1) is 23.3. The molecule has 172 valence electrons. The fourth-order valence-corrected chi connectivity index (χ4v) is 5.71. The number of anilines is 1. The number of ether oxygens (including phenoxy) is 1. The van der Waals surface area contributed by atoms with Gasteiger partial charge in [-0.15, -0.1) is 21.5 Å². The van der Waals surface area contributed by atoms with Crippen molar-refractivity contribution >= 4 is 34.0 Å². The number of benzene rings is 1.